The molecule has 0 bridgehead atoms. The molecular formula is C14H6Cl2F4O. The second kappa shape index (κ2) is 5.66. The molecule has 0 saturated carbocycles. The van der Waals surface area contributed by atoms with Gasteiger partial charge in [-0.3, -0.25) is 4.79 Å². The van der Waals surface area contributed by atoms with Crippen LogP contribution in [0, 0.1) is 5.82 Å². The number of carbonyl (C=O) groups is 1. The first-order valence-corrected chi connectivity index (χ1v) is 6.33. The van der Waals surface area contributed by atoms with E-state index in [4.69, 9.17) is 23.2 Å². The zero-order valence-electron chi connectivity index (χ0n) is 10.1. The van der Waals surface area contributed by atoms with Crippen molar-refractivity contribution in [2.75, 3.05) is 0 Å². The van der Waals surface area contributed by atoms with Crippen LogP contribution in [0.5, 0.6) is 0 Å². The third-order valence-corrected chi connectivity index (χ3v) is 3.55. The largest absolute Gasteiger partial charge is 0.416 e. The molecule has 0 N–H and O–H groups in total. The van der Waals surface area contributed by atoms with Gasteiger partial charge in [-0.2, -0.15) is 13.2 Å². The van der Waals surface area contributed by atoms with Crippen LogP contribution < -0.4 is 0 Å². The molecule has 0 unspecified atom stereocenters. The predicted octanol–water partition coefficient (Wildman–Crippen LogP) is 5.38. The zero-order valence-corrected chi connectivity index (χ0v) is 11.7. The highest BCUT2D eigenvalue weighted by atomic mass is 35.5. The highest BCUT2D eigenvalue weighted by Gasteiger charge is 2.32. The average Bonchev–Trinajstić information content (AvgIpc) is 2.40. The maximum absolute atomic E-state index is 13.7. The van der Waals surface area contributed by atoms with E-state index in [0.717, 1.165) is 0 Å². The molecule has 0 fully saturated rings. The van der Waals surface area contributed by atoms with Crippen LogP contribution in [0.2, 0.25) is 10.0 Å². The lowest BCUT2D eigenvalue weighted by molar-refractivity contribution is -0.137. The molecule has 0 atom stereocenters. The Kier molecular flexibility index (Phi) is 4.25. The molecule has 0 amide bonds. The van der Waals surface area contributed by atoms with Gasteiger partial charge in [0, 0.05) is 5.56 Å². The molecule has 0 radical (unpaired) electrons. The minimum Gasteiger partial charge on any atom is -0.288 e. The minimum atomic E-state index is -4.68. The summed E-state index contributed by atoms with van der Waals surface area (Å²) in [6.07, 6.45) is -4.68. The summed E-state index contributed by atoms with van der Waals surface area (Å²) in [6, 6.07) is 5.67. The first-order valence-electron chi connectivity index (χ1n) is 5.57. The van der Waals surface area contributed by atoms with Gasteiger partial charge in [0.1, 0.15) is 5.82 Å². The van der Waals surface area contributed by atoms with Crippen LogP contribution in [-0.2, 0) is 6.18 Å². The van der Waals surface area contributed by atoms with Gasteiger partial charge in [-0.1, -0.05) is 29.3 Å². The minimum absolute atomic E-state index is 0.0508. The normalized spacial score (nSPS) is 11.5. The number of rotatable bonds is 2. The molecule has 0 aliphatic rings. The van der Waals surface area contributed by atoms with Crippen LogP contribution >= 0.6 is 23.2 Å². The molecule has 0 heterocycles. The Bertz CT molecular complexity index is 711. The highest BCUT2D eigenvalue weighted by Crippen LogP contribution is 2.32. The molecule has 21 heavy (non-hydrogen) atoms. The maximum Gasteiger partial charge on any atom is 0.416 e. The lowest BCUT2D eigenvalue weighted by Gasteiger charge is -2.10. The second-order valence-corrected chi connectivity index (χ2v) is 4.91. The van der Waals surface area contributed by atoms with E-state index in [2.05, 4.69) is 0 Å². The van der Waals surface area contributed by atoms with Gasteiger partial charge in [-0.15, -0.1) is 0 Å². The van der Waals surface area contributed by atoms with E-state index in [0.29, 0.717) is 18.2 Å². The van der Waals surface area contributed by atoms with E-state index in [1.165, 1.54) is 18.2 Å². The van der Waals surface area contributed by atoms with Crippen LogP contribution in [0.3, 0.4) is 0 Å². The Morgan fingerprint density at radius 1 is 1.00 bits per heavy atom. The number of hydrogen-bond donors (Lipinski definition) is 0. The maximum atomic E-state index is 13.7. The standard InChI is InChI=1S/C14H6Cl2F4O/c15-10-3-1-2-8(12(10)16)13(21)9-6-7(14(18,19)20)4-5-11(9)17/h1-6H. The molecular weight excluding hydrogens is 331 g/mol. The Labute approximate surface area is 127 Å². The Morgan fingerprint density at radius 3 is 2.29 bits per heavy atom. The fraction of sp³-hybridized carbons (Fsp3) is 0.0714. The van der Waals surface area contributed by atoms with Crippen molar-refractivity contribution in [2.24, 2.45) is 0 Å². The molecule has 0 aromatic heterocycles. The van der Waals surface area contributed by atoms with Gasteiger partial charge in [0.15, 0.2) is 5.78 Å². The monoisotopic (exact) mass is 336 g/mol. The fourth-order valence-electron chi connectivity index (χ4n) is 1.70. The number of ketones is 1. The van der Waals surface area contributed by atoms with Crippen molar-refractivity contribution in [1.82, 2.24) is 0 Å². The number of hydrogen-bond acceptors (Lipinski definition) is 1. The molecule has 0 aliphatic heterocycles. The summed E-state index contributed by atoms with van der Waals surface area (Å²) in [7, 11) is 0. The topological polar surface area (TPSA) is 17.1 Å². The molecule has 2 aromatic carbocycles. The van der Waals surface area contributed by atoms with E-state index >= 15 is 0 Å². The van der Waals surface area contributed by atoms with Crippen molar-refractivity contribution in [3.05, 3.63) is 69.0 Å². The Hall–Kier alpha value is -1.59. The van der Waals surface area contributed by atoms with E-state index in [1.807, 2.05) is 0 Å². The lowest BCUT2D eigenvalue weighted by atomic mass is 10.0. The summed E-state index contributed by atoms with van der Waals surface area (Å²) in [5, 5.41) is -0.0871. The van der Waals surface area contributed by atoms with Crippen molar-refractivity contribution in [2.45, 2.75) is 6.18 Å². The summed E-state index contributed by atoms with van der Waals surface area (Å²) in [5.74, 6) is -2.03. The first-order chi connectivity index (χ1) is 9.71. The average molecular weight is 337 g/mol. The van der Waals surface area contributed by atoms with E-state index in [1.54, 1.807) is 0 Å². The van der Waals surface area contributed by atoms with Crippen molar-refractivity contribution in [1.29, 1.82) is 0 Å². The SMILES string of the molecule is O=C(c1cc(C(F)(F)F)ccc1F)c1cccc(Cl)c1Cl. The van der Waals surface area contributed by atoms with E-state index < -0.39 is 28.9 Å². The third kappa shape index (κ3) is 3.19. The molecule has 0 aliphatic carbocycles. The van der Waals surface area contributed by atoms with Gasteiger partial charge in [-0.25, -0.2) is 4.39 Å². The fourth-order valence-corrected chi connectivity index (χ4v) is 2.09. The van der Waals surface area contributed by atoms with Crippen LogP contribution in [0.25, 0.3) is 0 Å². The second-order valence-electron chi connectivity index (χ2n) is 4.12. The molecule has 0 saturated heterocycles. The van der Waals surface area contributed by atoms with Crippen molar-refractivity contribution in [3.63, 3.8) is 0 Å². The quantitative estimate of drug-likeness (QED) is 0.531. The lowest BCUT2D eigenvalue weighted by Crippen LogP contribution is -2.10. The number of halogens is 6. The van der Waals surface area contributed by atoms with Crippen LogP contribution in [0.15, 0.2) is 36.4 Å². The van der Waals surface area contributed by atoms with Gasteiger partial charge in [-0.05, 0) is 30.3 Å². The van der Waals surface area contributed by atoms with Gasteiger partial charge in [0.05, 0.1) is 21.2 Å². The summed E-state index contributed by atoms with van der Waals surface area (Å²) < 4.78 is 51.5. The van der Waals surface area contributed by atoms with Crippen LogP contribution in [0.1, 0.15) is 21.5 Å². The summed E-state index contributed by atoms with van der Waals surface area (Å²) in [4.78, 5) is 12.2. The summed E-state index contributed by atoms with van der Waals surface area (Å²) >= 11 is 11.6. The zero-order chi connectivity index (χ0) is 15.8. The van der Waals surface area contributed by atoms with Gasteiger partial charge in [0.2, 0.25) is 0 Å². The number of alkyl halides is 3. The molecule has 2 rings (SSSR count). The van der Waals surface area contributed by atoms with Crippen molar-refractivity contribution < 1.29 is 22.4 Å². The Morgan fingerprint density at radius 2 is 1.67 bits per heavy atom. The summed E-state index contributed by atoms with van der Waals surface area (Å²) in [6.45, 7) is 0. The number of benzene rings is 2. The highest BCUT2D eigenvalue weighted by molar-refractivity contribution is 6.44. The molecule has 7 heteroatoms. The van der Waals surface area contributed by atoms with E-state index in [-0.39, 0.29) is 15.6 Å². The Balaban J connectivity index is 2.56. The van der Waals surface area contributed by atoms with E-state index in [9.17, 15) is 22.4 Å². The number of carbonyl (C=O) groups excluding carboxylic acids is 1. The predicted molar refractivity (Wildman–Crippen MR) is 71.3 cm³/mol. The summed E-state index contributed by atoms with van der Waals surface area (Å²) in [5.41, 5.74) is -2.00. The van der Waals surface area contributed by atoms with Gasteiger partial charge < -0.3 is 0 Å². The molecule has 1 nitrogen and oxygen atoms in total. The van der Waals surface area contributed by atoms with Crippen LogP contribution in [0.4, 0.5) is 17.6 Å². The first kappa shape index (κ1) is 15.8. The van der Waals surface area contributed by atoms with Gasteiger partial charge >= 0.3 is 6.18 Å². The van der Waals surface area contributed by atoms with Crippen molar-refractivity contribution >= 4 is 29.0 Å². The third-order valence-electron chi connectivity index (χ3n) is 2.73. The molecule has 110 valence electrons. The molecule has 2 aromatic rings. The van der Waals surface area contributed by atoms with Gasteiger partial charge in [0.25, 0.3) is 0 Å². The molecule has 0 spiro atoms. The smallest absolute Gasteiger partial charge is 0.288 e. The van der Waals surface area contributed by atoms with Crippen molar-refractivity contribution in [3.8, 4) is 0 Å². The van der Waals surface area contributed by atoms with Crippen LogP contribution in [-0.4, -0.2) is 5.78 Å².